The third-order valence-corrected chi connectivity index (χ3v) is 7.58. The molecule has 1 spiro atoms. The fourth-order valence-electron chi connectivity index (χ4n) is 5.75. The molecule has 34 heavy (non-hydrogen) atoms. The molecule has 3 fully saturated rings. The minimum Gasteiger partial charge on any atom is -0.475 e. The van der Waals surface area contributed by atoms with Crippen LogP contribution in [0.1, 0.15) is 75.6 Å². The van der Waals surface area contributed by atoms with Gasteiger partial charge in [-0.2, -0.15) is 18.3 Å². The van der Waals surface area contributed by atoms with Crippen molar-refractivity contribution >= 4 is 11.9 Å². The Balaban J connectivity index is 0.000000406. The van der Waals surface area contributed by atoms with Gasteiger partial charge in [0.25, 0.3) is 0 Å². The number of carbonyl (C=O) groups excluding carboxylic acids is 1. The van der Waals surface area contributed by atoms with Crippen molar-refractivity contribution in [2.45, 2.75) is 89.4 Å². The lowest BCUT2D eigenvalue weighted by Gasteiger charge is -2.41. The van der Waals surface area contributed by atoms with E-state index in [1.807, 2.05) is 11.7 Å². The van der Waals surface area contributed by atoms with Crippen molar-refractivity contribution in [2.24, 2.45) is 13.0 Å². The van der Waals surface area contributed by atoms with Crippen molar-refractivity contribution in [3.8, 4) is 0 Å². The van der Waals surface area contributed by atoms with Crippen LogP contribution < -0.4 is 0 Å². The van der Waals surface area contributed by atoms with Gasteiger partial charge in [0.2, 0.25) is 5.91 Å². The summed E-state index contributed by atoms with van der Waals surface area (Å²) in [5.41, 5.74) is 2.54. The van der Waals surface area contributed by atoms with E-state index in [4.69, 9.17) is 9.90 Å². The molecule has 2 saturated heterocycles. The van der Waals surface area contributed by atoms with Crippen LogP contribution in [0.5, 0.6) is 0 Å². The lowest BCUT2D eigenvalue weighted by Crippen LogP contribution is -2.48. The first kappa shape index (κ1) is 26.5. The Hall–Kier alpha value is -2.10. The Morgan fingerprint density at radius 1 is 1.15 bits per heavy atom. The average molecular weight is 487 g/mol. The molecule has 1 N–H and O–H groups in total. The molecule has 7 nitrogen and oxygen atoms in total. The molecule has 1 saturated carbocycles. The minimum atomic E-state index is -5.08. The van der Waals surface area contributed by atoms with Crippen LogP contribution >= 0.6 is 0 Å². The molecule has 1 atom stereocenters. The minimum absolute atomic E-state index is 0.144. The first-order valence-electron chi connectivity index (χ1n) is 12.3. The molecule has 0 aromatic carbocycles. The number of amides is 1. The van der Waals surface area contributed by atoms with Crippen LogP contribution in [0.3, 0.4) is 0 Å². The zero-order valence-corrected chi connectivity index (χ0v) is 20.2. The molecule has 0 bridgehead atoms. The number of halogens is 3. The van der Waals surface area contributed by atoms with Crippen LogP contribution in [-0.2, 0) is 23.2 Å². The summed E-state index contributed by atoms with van der Waals surface area (Å²) >= 11 is 0. The lowest BCUT2D eigenvalue weighted by atomic mass is 9.84. The zero-order valence-electron chi connectivity index (χ0n) is 20.2. The Morgan fingerprint density at radius 2 is 1.82 bits per heavy atom. The standard InChI is InChI=1S/C22H36N4O.C2HF3O2/c1-18-15-20(24(2)23-18)17-25-13-6-10-22(12-14-25)11-9-21(27)26(22)16-19-7-4-3-5-8-19;3-2(4,5)1(6)7/h15,19H,3-14,16-17H2,1-2H3;(H,6,7). The Kier molecular flexibility index (Phi) is 8.65. The SMILES string of the molecule is Cc1cc(CN2CCCC3(CCC(=O)N3CC3CCCCC3)CC2)n(C)n1.O=C(O)C(F)(F)F. The number of alkyl halides is 3. The highest BCUT2D eigenvalue weighted by Crippen LogP contribution is 2.41. The molecule has 2 aliphatic heterocycles. The highest BCUT2D eigenvalue weighted by molar-refractivity contribution is 5.79. The van der Waals surface area contributed by atoms with Crippen molar-refractivity contribution in [2.75, 3.05) is 19.6 Å². The number of rotatable bonds is 4. The topological polar surface area (TPSA) is 78.7 Å². The first-order chi connectivity index (χ1) is 16.0. The lowest BCUT2D eigenvalue weighted by molar-refractivity contribution is -0.192. The largest absolute Gasteiger partial charge is 0.490 e. The number of carbonyl (C=O) groups is 2. The second kappa shape index (κ2) is 11.1. The zero-order chi connectivity index (χ0) is 24.9. The van der Waals surface area contributed by atoms with Crippen LogP contribution in [0.15, 0.2) is 6.07 Å². The van der Waals surface area contributed by atoms with E-state index in [0.29, 0.717) is 5.91 Å². The third-order valence-electron chi connectivity index (χ3n) is 7.58. The highest BCUT2D eigenvalue weighted by Gasteiger charge is 2.46. The van der Waals surface area contributed by atoms with Gasteiger partial charge in [0.15, 0.2) is 0 Å². The molecule has 10 heteroatoms. The summed E-state index contributed by atoms with van der Waals surface area (Å²) in [6, 6.07) is 2.20. The molecule has 1 aromatic rings. The summed E-state index contributed by atoms with van der Waals surface area (Å²) in [5.74, 6) is -1.58. The molecule has 4 rings (SSSR count). The van der Waals surface area contributed by atoms with Crippen molar-refractivity contribution in [3.05, 3.63) is 17.5 Å². The molecule has 1 unspecified atom stereocenters. The molecular weight excluding hydrogens is 449 g/mol. The molecule has 1 amide bonds. The fourth-order valence-corrected chi connectivity index (χ4v) is 5.75. The molecule has 192 valence electrons. The predicted octanol–water partition coefficient (Wildman–Crippen LogP) is 4.29. The van der Waals surface area contributed by atoms with Crippen LogP contribution in [-0.4, -0.2) is 67.9 Å². The van der Waals surface area contributed by atoms with Crippen molar-refractivity contribution in [1.82, 2.24) is 19.6 Å². The van der Waals surface area contributed by atoms with Crippen molar-refractivity contribution in [3.63, 3.8) is 0 Å². The van der Waals surface area contributed by atoms with Crippen molar-refractivity contribution in [1.29, 1.82) is 0 Å². The van der Waals surface area contributed by atoms with Crippen LogP contribution in [0.2, 0.25) is 0 Å². The maximum Gasteiger partial charge on any atom is 0.490 e. The second-order valence-electron chi connectivity index (χ2n) is 10.1. The molecular formula is C24H37F3N4O3. The van der Waals surface area contributed by atoms with E-state index in [0.717, 1.165) is 57.1 Å². The molecule has 3 aliphatic rings. The van der Waals surface area contributed by atoms with Gasteiger partial charge in [-0.05, 0) is 64.0 Å². The van der Waals surface area contributed by atoms with Crippen molar-refractivity contribution < 1.29 is 27.9 Å². The monoisotopic (exact) mass is 486 g/mol. The first-order valence-corrected chi connectivity index (χ1v) is 12.3. The van der Waals surface area contributed by atoms with Gasteiger partial charge in [-0.25, -0.2) is 4.79 Å². The Labute approximate surface area is 199 Å². The van der Waals surface area contributed by atoms with E-state index in [-0.39, 0.29) is 5.54 Å². The Morgan fingerprint density at radius 3 is 2.41 bits per heavy atom. The number of hydrogen-bond donors (Lipinski definition) is 1. The predicted molar refractivity (Wildman–Crippen MR) is 121 cm³/mol. The van der Waals surface area contributed by atoms with Gasteiger partial charge >= 0.3 is 12.1 Å². The normalized spacial score (nSPS) is 24.7. The maximum atomic E-state index is 12.8. The van der Waals surface area contributed by atoms with Crippen LogP contribution in [0.4, 0.5) is 13.2 Å². The molecule has 3 heterocycles. The Bertz CT molecular complexity index is 851. The van der Waals surface area contributed by atoms with Crippen LogP contribution in [0.25, 0.3) is 0 Å². The summed E-state index contributed by atoms with van der Waals surface area (Å²) in [4.78, 5) is 26.6. The smallest absolute Gasteiger partial charge is 0.475 e. The van der Waals surface area contributed by atoms with E-state index in [1.54, 1.807) is 0 Å². The van der Waals surface area contributed by atoms with Gasteiger partial charge in [-0.1, -0.05) is 19.3 Å². The highest BCUT2D eigenvalue weighted by atomic mass is 19.4. The number of nitrogens with zero attached hydrogens (tertiary/aromatic N) is 4. The number of likely N-dealkylation sites (tertiary alicyclic amines) is 2. The van der Waals surface area contributed by atoms with Gasteiger partial charge in [-0.3, -0.25) is 14.4 Å². The van der Waals surface area contributed by atoms with Gasteiger partial charge in [0.1, 0.15) is 0 Å². The molecule has 1 aromatic heterocycles. The maximum absolute atomic E-state index is 12.8. The van der Waals surface area contributed by atoms with E-state index >= 15 is 0 Å². The van der Waals surface area contributed by atoms with Gasteiger partial charge in [-0.15, -0.1) is 0 Å². The summed E-state index contributed by atoms with van der Waals surface area (Å²) in [7, 11) is 2.04. The van der Waals surface area contributed by atoms with E-state index in [1.165, 1.54) is 50.6 Å². The number of carboxylic acid groups (broad SMARTS) is 1. The van der Waals surface area contributed by atoms with E-state index in [9.17, 15) is 18.0 Å². The number of carboxylic acids is 1. The summed E-state index contributed by atoms with van der Waals surface area (Å²) in [5, 5.41) is 11.6. The number of hydrogen-bond acceptors (Lipinski definition) is 4. The van der Waals surface area contributed by atoms with Gasteiger partial charge in [0.05, 0.1) is 11.4 Å². The summed E-state index contributed by atoms with van der Waals surface area (Å²) in [6.07, 6.45) is 7.05. The van der Waals surface area contributed by atoms with E-state index in [2.05, 4.69) is 27.9 Å². The second-order valence-corrected chi connectivity index (χ2v) is 10.1. The number of aromatic nitrogens is 2. The number of aliphatic carboxylic acids is 1. The van der Waals surface area contributed by atoms with Crippen LogP contribution in [0, 0.1) is 12.8 Å². The summed E-state index contributed by atoms with van der Waals surface area (Å²) < 4.78 is 33.8. The van der Waals surface area contributed by atoms with Gasteiger partial charge < -0.3 is 10.0 Å². The quantitative estimate of drug-likeness (QED) is 0.687. The molecule has 1 aliphatic carbocycles. The van der Waals surface area contributed by atoms with Gasteiger partial charge in [0, 0.05) is 38.6 Å². The summed E-state index contributed by atoms with van der Waals surface area (Å²) in [6.45, 7) is 6.30. The fraction of sp³-hybridized carbons (Fsp3) is 0.792. The van der Waals surface area contributed by atoms with E-state index < -0.39 is 12.1 Å². The molecule has 0 radical (unpaired) electrons. The number of aryl methyl sites for hydroxylation is 2. The third kappa shape index (κ3) is 6.73. The average Bonchev–Trinajstić information content (AvgIpc) is 3.15.